The van der Waals surface area contributed by atoms with Gasteiger partial charge in [-0.3, -0.25) is 4.90 Å². The van der Waals surface area contributed by atoms with Gasteiger partial charge in [-0.1, -0.05) is 43.8 Å². The van der Waals surface area contributed by atoms with Crippen molar-refractivity contribution in [2.45, 2.75) is 20.4 Å². The lowest BCUT2D eigenvalue weighted by Gasteiger charge is -2.21. The molecule has 0 heterocycles. The van der Waals surface area contributed by atoms with Crippen LogP contribution >= 0.6 is 0 Å². The van der Waals surface area contributed by atoms with E-state index in [1.165, 1.54) is 5.56 Å². The number of rotatable bonds is 7. The average molecular weight is 247 g/mol. The number of likely N-dealkylation sites (N-methyl/N-ethyl adjacent to an activating group) is 1. The Morgan fingerprint density at radius 1 is 1.28 bits per heavy atom. The van der Waals surface area contributed by atoms with Gasteiger partial charge in [0.05, 0.1) is 6.61 Å². The summed E-state index contributed by atoms with van der Waals surface area (Å²) in [6.07, 6.45) is 0. The Hall–Kier alpha value is -1.61. The van der Waals surface area contributed by atoms with E-state index < -0.39 is 0 Å². The number of esters is 1. The maximum absolute atomic E-state index is 11.5. The lowest BCUT2D eigenvalue weighted by atomic mass is 10.2. The van der Waals surface area contributed by atoms with Gasteiger partial charge in [-0.05, 0) is 19.0 Å². The summed E-state index contributed by atoms with van der Waals surface area (Å²) >= 11 is 0. The van der Waals surface area contributed by atoms with Crippen molar-refractivity contribution in [2.24, 2.45) is 0 Å². The zero-order valence-corrected chi connectivity index (χ0v) is 11.2. The molecule has 3 heteroatoms. The highest BCUT2D eigenvalue weighted by atomic mass is 16.5. The molecule has 18 heavy (non-hydrogen) atoms. The summed E-state index contributed by atoms with van der Waals surface area (Å²) < 4.78 is 4.93. The molecule has 0 amide bonds. The van der Waals surface area contributed by atoms with Crippen molar-refractivity contribution in [3.63, 3.8) is 0 Å². The normalized spacial score (nSPS) is 10.4. The maximum atomic E-state index is 11.5. The van der Waals surface area contributed by atoms with E-state index in [0.29, 0.717) is 18.7 Å². The zero-order chi connectivity index (χ0) is 13.4. The number of hydrogen-bond acceptors (Lipinski definition) is 3. The van der Waals surface area contributed by atoms with E-state index in [0.717, 1.165) is 13.1 Å². The fourth-order valence-electron chi connectivity index (χ4n) is 1.69. The molecule has 3 nitrogen and oxygen atoms in total. The van der Waals surface area contributed by atoms with Crippen molar-refractivity contribution in [3.8, 4) is 0 Å². The molecule has 98 valence electrons. The molecule has 1 aromatic carbocycles. The van der Waals surface area contributed by atoms with Crippen LogP contribution in [0.2, 0.25) is 0 Å². The van der Waals surface area contributed by atoms with Crippen LogP contribution in [-0.4, -0.2) is 30.6 Å². The fourth-order valence-corrected chi connectivity index (χ4v) is 1.69. The highest BCUT2D eigenvalue weighted by molar-refractivity contribution is 5.88. The number of ether oxygens (including phenoxy) is 1. The number of carbonyl (C=O) groups is 1. The number of nitrogens with zero attached hydrogens (tertiary/aromatic N) is 1. The molecule has 0 atom stereocenters. The highest BCUT2D eigenvalue weighted by Crippen LogP contribution is 2.07. The maximum Gasteiger partial charge on any atom is 0.334 e. The summed E-state index contributed by atoms with van der Waals surface area (Å²) in [5.41, 5.74) is 1.74. The molecule has 0 radical (unpaired) electrons. The van der Waals surface area contributed by atoms with Crippen molar-refractivity contribution >= 4 is 5.97 Å². The zero-order valence-electron chi connectivity index (χ0n) is 11.2. The van der Waals surface area contributed by atoms with Crippen molar-refractivity contribution in [1.29, 1.82) is 0 Å². The lowest BCUT2D eigenvalue weighted by Crippen LogP contribution is -2.27. The Balaban J connectivity index is 2.52. The van der Waals surface area contributed by atoms with E-state index in [4.69, 9.17) is 4.74 Å². The van der Waals surface area contributed by atoms with Gasteiger partial charge in [0.1, 0.15) is 0 Å². The van der Waals surface area contributed by atoms with Gasteiger partial charge in [0.15, 0.2) is 0 Å². The predicted octanol–water partition coefficient (Wildman–Crippen LogP) is 2.63. The molecule has 0 saturated carbocycles. The summed E-state index contributed by atoms with van der Waals surface area (Å²) in [5.74, 6) is -0.302. The molecule has 0 fully saturated rings. The van der Waals surface area contributed by atoms with Crippen LogP contribution in [0.5, 0.6) is 0 Å². The number of benzene rings is 1. The number of hydrogen-bond donors (Lipinski definition) is 0. The largest absolute Gasteiger partial charge is 0.463 e. The van der Waals surface area contributed by atoms with Crippen molar-refractivity contribution in [1.82, 2.24) is 4.90 Å². The molecule has 1 aromatic rings. The fraction of sp³-hybridized carbons (Fsp3) is 0.400. The summed E-state index contributed by atoms with van der Waals surface area (Å²) in [7, 11) is 0. The molecule has 1 rings (SSSR count). The summed E-state index contributed by atoms with van der Waals surface area (Å²) in [4.78, 5) is 13.7. The molecule has 0 aliphatic carbocycles. The molecule has 0 aliphatic rings. The van der Waals surface area contributed by atoms with E-state index in [9.17, 15) is 4.79 Å². The molecular formula is C15H21NO2. The van der Waals surface area contributed by atoms with Crippen LogP contribution in [0.3, 0.4) is 0 Å². The second-order valence-corrected chi connectivity index (χ2v) is 4.11. The van der Waals surface area contributed by atoms with Crippen LogP contribution in [0, 0.1) is 0 Å². The van der Waals surface area contributed by atoms with E-state index >= 15 is 0 Å². The first-order valence-electron chi connectivity index (χ1n) is 6.28. The lowest BCUT2D eigenvalue weighted by molar-refractivity contribution is -0.138. The van der Waals surface area contributed by atoms with Crippen LogP contribution in [0.25, 0.3) is 0 Å². The van der Waals surface area contributed by atoms with Gasteiger partial charge in [0.25, 0.3) is 0 Å². The number of carbonyl (C=O) groups excluding carboxylic acids is 1. The monoisotopic (exact) mass is 247 g/mol. The molecule has 0 bridgehead atoms. The van der Waals surface area contributed by atoms with Gasteiger partial charge in [0, 0.05) is 18.7 Å². The first-order valence-corrected chi connectivity index (χ1v) is 6.28. The van der Waals surface area contributed by atoms with E-state index in [1.54, 1.807) is 6.92 Å². The topological polar surface area (TPSA) is 29.5 Å². The van der Waals surface area contributed by atoms with Gasteiger partial charge < -0.3 is 4.74 Å². The molecule has 0 saturated heterocycles. The van der Waals surface area contributed by atoms with E-state index in [1.807, 2.05) is 18.2 Å². The third-order valence-electron chi connectivity index (χ3n) is 2.67. The van der Waals surface area contributed by atoms with Crippen LogP contribution in [0.15, 0.2) is 42.5 Å². The Morgan fingerprint density at radius 2 is 1.94 bits per heavy atom. The first kappa shape index (κ1) is 14.5. The molecule has 0 N–H and O–H groups in total. The summed E-state index contributed by atoms with van der Waals surface area (Å²) in [6, 6.07) is 10.2. The third kappa shape index (κ3) is 4.72. The van der Waals surface area contributed by atoms with Gasteiger partial charge in [-0.25, -0.2) is 4.79 Å². The quantitative estimate of drug-likeness (QED) is 0.548. The Bertz CT molecular complexity index is 387. The first-order chi connectivity index (χ1) is 8.67. The SMILES string of the molecule is C=C(CN(CC)Cc1ccccc1)C(=O)OCC. The smallest absolute Gasteiger partial charge is 0.334 e. The van der Waals surface area contributed by atoms with Crippen molar-refractivity contribution in [3.05, 3.63) is 48.0 Å². The third-order valence-corrected chi connectivity index (χ3v) is 2.67. The van der Waals surface area contributed by atoms with Crippen LogP contribution < -0.4 is 0 Å². The minimum atomic E-state index is -0.302. The summed E-state index contributed by atoms with van der Waals surface area (Å²) in [6.45, 7) is 10.3. The Morgan fingerprint density at radius 3 is 2.50 bits per heavy atom. The molecule has 0 aliphatic heterocycles. The van der Waals surface area contributed by atoms with Gasteiger partial charge in [-0.15, -0.1) is 0 Å². The van der Waals surface area contributed by atoms with Crippen molar-refractivity contribution < 1.29 is 9.53 Å². The van der Waals surface area contributed by atoms with Crippen LogP contribution in [-0.2, 0) is 16.1 Å². The van der Waals surface area contributed by atoms with Crippen LogP contribution in [0.4, 0.5) is 0 Å². The molecular weight excluding hydrogens is 226 g/mol. The second-order valence-electron chi connectivity index (χ2n) is 4.11. The standard InChI is InChI=1S/C15H21NO2/c1-4-16(11-13(3)15(17)18-5-2)12-14-9-7-6-8-10-14/h6-10H,3-5,11-12H2,1-2H3. The average Bonchev–Trinajstić information content (AvgIpc) is 2.39. The Labute approximate surface area is 109 Å². The van der Waals surface area contributed by atoms with Gasteiger partial charge in [0.2, 0.25) is 0 Å². The Kier molecular flexibility index (Phi) is 6.15. The minimum Gasteiger partial charge on any atom is -0.463 e. The molecule has 0 aromatic heterocycles. The predicted molar refractivity (Wildman–Crippen MR) is 73.2 cm³/mol. The van der Waals surface area contributed by atoms with Gasteiger partial charge in [-0.2, -0.15) is 0 Å². The van der Waals surface area contributed by atoms with Gasteiger partial charge >= 0.3 is 5.97 Å². The van der Waals surface area contributed by atoms with Crippen molar-refractivity contribution in [2.75, 3.05) is 19.7 Å². The van der Waals surface area contributed by atoms with E-state index in [-0.39, 0.29) is 5.97 Å². The highest BCUT2D eigenvalue weighted by Gasteiger charge is 2.12. The second kappa shape index (κ2) is 7.67. The minimum absolute atomic E-state index is 0.302. The molecule has 0 unspecified atom stereocenters. The van der Waals surface area contributed by atoms with E-state index in [2.05, 4.69) is 30.5 Å². The van der Waals surface area contributed by atoms with Crippen LogP contribution in [0.1, 0.15) is 19.4 Å². The summed E-state index contributed by atoms with van der Waals surface area (Å²) in [5, 5.41) is 0. The molecule has 0 spiro atoms.